The average Bonchev–Trinajstić information content (AvgIpc) is 1.85. The molecule has 0 aliphatic heterocycles. The smallest absolute Gasteiger partial charge is 0.100 e. The summed E-state index contributed by atoms with van der Waals surface area (Å²) in [7, 11) is 0. The number of hydrogen-bond donors (Lipinski definition) is 1. The molecular formula is C10H16N+. The molecule has 60 valence electrons. The van der Waals surface area contributed by atoms with Crippen molar-refractivity contribution in [2.45, 2.75) is 27.3 Å². The van der Waals surface area contributed by atoms with Crippen LogP contribution in [0.2, 0.25) is 0 Å². The summed E-state index contributed by atoms with van der Waals surface area (Å²) in [6.07, 6.45) is 0. The third-order valence-electron chi connectivity index (χ3n) is 2.09. The highest BCUT2D eigenvalue weighted by atomic mass is 14.5. The predicted molar refractivity (Wildman–Crippen MR) is 47.2 cm³/mol. The largest absolute Gasteiger partial charge is 0.354 e. The van der Waals surface area contributed by atoms with Crippen molar-refractivity contribution in [1.82, 2.24) is 0 Å². The van der Waals surface area contributed by atoms with Gasteiger partial charge in [0.25, 0.3) is 0 Å². The molecule has 1 aromatic carbocycles. The number of benzene rings is 1. The lowest BCUT2D eigenvalue weighted by molar-refractivity contribution is -0.386. The first kappa shape index (κ1) is 8.28. The third-order valence-corrected chi connectivity index (χ3v) is 2.09. The molecule has 0 bridgehead atoms. The molecule has 1 heteroatoms. The Bertz CT molecular complexity index is 241. The van der Waals surface area contributed by atoms with Crippen molar-refractivity contribution in [3.63, 3.8) is 0 Å². The predicted octanol–water partition coefficient (Wildman–Crippen LogP) is 1.35. The Kier molecular flexibility index (Phi) is 2.30. The maximum atomic E-state index is 3.91. The number of quaternary nitrogens is 1. The zero-order chi connectivity index (χ0) is 8.43. The van der Waals surface area contributed by atoms with Crippen LogP contribution in [0.3, 0.4) is 0 Å². The third kappa shape index (κ3) is 1.60. The fraction of sp³-hybridized carbons (Fsp3) is 0.400. The topological polar surface area (TPSA) is 27.6 Å². The summed E-state index contributed by atoms with van der Waals surface area (Å²) >= 11 is 0. The van der Waals surface area contributed by atoms with E-state index >= 15 is 0 Å². The Morgan fingerprint density at radius 3 is 1.91 bits per heavy atom. The number of aryl methyl sites for hydroxylation is 3. The fourth-order valence-corrected chi connectivity index (χ4v) is 1.60. The summed E-state index contributed by atoms with van der Waals surface area (Å²) in [5.41, 5.74) is 9.40. The van der Waals surface area contributed by atoms with Gasteiger partial charge in [0.1, 0.15) is 6.54 Å². The lowest BCUT2D eigenvalue weighted by Crippen LogP contribution is -2.48. The minimum atomic E-state index is 0.901. The molecule has 1 aromatic rings. The molecule has 11 heavy (non-hydrogen) atoms. The van der Waals surface area contributed by atoms with E-state index in [1.807, 2.05) is 0 Å². The van der Waals surface area contributed by atoms with Crippen LogP contribution in [-0.2, 0) is 6.54 Å². The van der Waals surface area contributed by atoms with Gasteiger partial charge in [0.2, 0.25) is 0 Å². The zero-order valence-corrected chi connectivity index (χ0v) is 7.57. The van der Waals surface area contributed by atoms with Gasteiger partial charge in [0.05, 0.1) is 0 Å². The Hall–Kier alpha value is -0.820. The van der Waals surface area contributed by atoms with Gasteiger partial charge in [-0.05, 0) is 31.9 Å². The molecule has 1 rings (SSSR count). The van der Waals surface area contributed by atoms with Crippen LogP contribution in [0.5, 0.6) is 0 Å². The molecule has 0 aliphatic rings. The molecule has 0 atom stereocenters. The van der Waals surface area contributed by atoms with Crippen molar-refractivity contribution in [2.24, 2.45) is 0 Å². The minimum absolute atomic E-state index is 0.901. The van der Waals surface area contributed by atoms with E-state index < -0.39 is 0 Å². The van der Waals surface area contributed by atoms with Gasteiger partial charge < -0.3 is 5.73 Å². The van der Waals surface area contributed by atoms with Crippen LogP contribution in [0.4, 0.5) is 0 Å². The summed E-state index contributed by atoms with van der Waals surface area (Å²) in [6.45, 7) is 7.34. The normalized spacial score (nSPS) is 10.2. The van der Waals surface area contributed by atoms with Crippen molar-refractivity contribution in [1.29, 1.82) is 0 Å². The van der Waals surface area contributed by atoms with Crippen LogP contribution in [0, 0.1) is 20.8 Å². The first-order valence-electron chi connectivity index (χ1n) is 4.01. The maximum absolute atomic E-state index is 3.91. The van der Waals surface area contributed by atoms with Crippen LogP contribution in [0.1, 0.15) is 22.3 Å². The van der Waals surface area contributed by atoms with E-state index in [2.05, 4.69) is 38.6 Å². The Labute approximate surface area is 68.2 Å². The summed E-state index contributed by atoms with van der Waals surface area (Å²) < 4.78 is 0. The van der Waals surface area contributed by atoms with Gasteiger partial charge in [0.15, 0.2) is 0 Å². The summed E-state index contributed by atoms with van der Waals surface area (Å²) in [4.78, 5) is 0. The van der Waals surface area contributed by atoms with Gasteiger partial charge >= 0.3 is 0 Å². The van der Waals surface area contributed by atoms with E-state index in [-0.39, 0.29) is 0 Å². The maximum Gasteiger partial charge on any atom is 0.100 e. The van der Waals surface area contributed by atoms with E-state index in [1.54, 1.807) is 0 Å². The second-order valence-electron chi connectivity index (χ2n) is 3.13. The first-order chi connectivity index (χ1) is 5.15. The highest BCUT2D eigenvalue weighted by molar-refractivity contribution is 5.36. The standard InChI is InChI=1S/C10H15N/c1-7-4-8(2)10(6-11)9(3)5-7/h4-5H,6,11H2,1-3H3/p+1. The molecule has 0 heterocycles. The molecule has 0 spiro atoms. The van der Waals surface area contributed by atoms with Crippen molar-refractivity contribution in [3.05, 3.63) is 34.4 Å². The van der Waals surface area contributed by atoms with Gasteiger partial charge in [-0.15, -0.1) is 0 Å². The van der Waals surface area contributed by atoms with E-state index in [0.717, 1.165) is 6.54 Å². The van der Waals surface area contributed by atoms with E-state index in [4.69, 9.17) is 0 Å². The van der Waals surface area contributed by atoms with Crippen LogP contribution in [0.25, 0.3) is 0 Å². The van der Waals surface area contributed by atoms with Gasteiger partial charge in [-0.2, -0.15) is 0 Å². The molecule has 0 aliphatic carbocycles. The summed E-state index contributed by atoms with van der Waals surface area (Å²) in [5, 5.41) is 0. The minimum Gasteiger partial charge on any atom is -0.354 e. The quantitative estimate of drug-likeness (QED) is 0.626. The van der Waals surface area contributed by atoms with Crippen molar-refractivity contribution < 1.29 is 5.73 Å². The van der Waals surface area contributed by atoms with E-state index in [0.29, 0.717) is 0 Å². The van der Waals surface area contributed by atoms with Crippen molar-refractivity contribution in [3.8, 4) is 0 Å². The van der Waals surface area contributed by atoms with E-state index in [1.165, 1.54) is 22.3 Å². The molecule has 0 saturated carbocycles. The molecular weight excluding hydrogens is 134 g/mol. The van der Waals surface area contributed by atoms with Gasteiger partial charge in [0, 0.05) is 5.56 Å². The molecule has 0 aromatic heterocycles. The van der Waals surface area contributed by atoms with Crippen LogP contribution < -0.4 is 5.73 Å². The average molecular weight is 150 g/mol. The number of rotatable bonds is 1. The zero-order valence-electron chi connectivity index (χ0n) is 7.57. The molecule has 0 amide bonds. The fourth-order valence-electron chi connectivity index (χ4n) is 1.60. The Morgan fingerprint density at radius 1 is 1.09 bits per heavy atom. The van der Waals surface area contributed by atoms with Crippen LogP contribution in [0.15, 0.2) is 12.1 Å². The molecule has 0 radical (unpaired) electrons. The van der Waals surface area contributed by atoms with Crippen molar-refractivity contribution in [2.75, 3.05) is 0 Å². The van der Waals surface area contributed by atoms with Gasteiger partial charge in [-0.25, -0.2) is 0 Å². The van der Waals surface area contributed by atoms with E-state index in [9.17, 15) is 0 Å². The molecule has 3 N–H and O–H groups in total. The molecule has 1 nitrogen and oxygen atoms in total. The summed E-state index contributed by atoms with van der Waals surface area (Å²) in [6, 6.07) is 4.43. The lowest BCUT2D eigenvalue weighted by atomic mass is 10.0. The molecule has 0 fully saturated rings. The van der Waals surface area contributed by atoms with Crippen LogP contribution >= 0.6 is 0 Å². The Morgan fingerprint density at radius 2 is 1.55 bits per heavy atom. The van der Waals surface area contributed by atoms with Gasteiger partial charge in [-0.1, -0.05) is 17.7 Å². The van der Waals surface area contributed by atoms with Crippen LogP contribution in [-0.4, -0.2) is 0 Å². The summed E-state index contributed by atoms with van der Waals surface area (Å²) in [5.74, 6) is 0. The lowest BCUT2D eigenvalue weighted by Gasteiger charge is -2.06. The molecule has 0 unspecified atom stereocenters. The van der Waals surface area contributed by atoms with Gasteiger partial charge in [-0.3, -0.25) is 0 Å². The SMILES string of the molecule is Cc1cc(C)c(C[NH3+])c(C)c1. The number of hydrogen-bond acceptors (Lipinski definition) is 0. The highest BCUT2D eigenvalue weighted by Gasteiger charge is 2.01. The van der Waals surface area contributed by atoms with Crippen molar-refractivity contribution >= 4 is 0 Å². The monoisotopic (exact) mass is 150 g/mol. The second kappa shape index (κ2) is 3.05. The molecule has 0 saturated heterocycles. The second-order valence-corrected chi connectivity index (χ2v) is 3.13. The first-order valence-corrected chi connectivity index (χ1v) is 4.01. The highest BCUT2D eigenvalue weighted by Crippen LogP contribution is 2.14. The Balaban J connectivity index is 3.25.